The minimum Gasteiger partial charge on any atom is -0.329 e. The molecule has 0 fully saturated rings. The minimum atomic E-state index is -0.865. The fourth-order valence-electron chi connectivity index (χ4n) is 2.04. The summed E-state index contributed by atoms with van der Waals surface area (Å²) in [5.74, 6) is -2.42. The van der Waals surface area contributed by atoms with Crippen LogP contribution in [0.25, 0.3) is 0 Å². The summed E-state index contributed by atoms with van der Waals surface area (Å²) in [5.41, 5.74) is 0.753. The van der Waals surface area contributed by atoms with Crippen LogP contribution < -0.4 is 5.32 Å². The highest BCUT2D eigenvalue weighted by Crippen LogP contribution is 2.15. The van der Waals surface area contributed by atoms with Crippen molar-refractivity contribution in [2.24, 2.45) is 0 Å². The van der Waals surface area contributed by atoms with Crippen LogP contribution in [0.1, 0.15) is 12.5 Å². The number of anilines is 1. The van der Waals surface area contributed by atoms with Gasteiger partial charge in [-0.05, 0) is 17.7 Å². The molecule has 23 heavy (non-hydrogen) atoms. The molecule has 120 valence electrons. The molecule has 0 aliphatic heterocycles. The third-order valence-corrected chi connectivity index (χ3v) is 3.20. The van der Waals surface area contributed by atoms with Crippen molar-refractivity contribution in [3.63, 3.8) is 0 Å². The molecule has 0 bridgehead atoms. The molecule has 1 N–H and O–H groups in total. The second-order valence-corrected chi connectivity index (χ2v) is 5.03. The van der Waals surface area contributed by atoms with Crippen molar-refractivity contribution >= 4 is 17.5 Å². The lowest BCUT2D eigenvalue weighted by Crippen LogP contribution is -2.36. The van der Waals surface area contributed by atoms with Gasteiger partial charge in [-0.15, -0.1) is 0 Å². The van der Waals surface area contributed by atoms with Gasteiger partial charge < -0.3 is 10.2 Å². The highest BCUT2D eigenvalue weighted by atomic mass is 19.1. The zero-order chi connectivity index (χ0) is 16.8. The lowest BCUT2D eigenvalue weighted by atomic mass is 10.2. The normalized spacial score (nSPS) is 10.2. The third-order valence-electron chi connectivity index (χ3n) is 3.20. The van der Waals surface area contributed by atoms with Crippen LogP contribution in [0, 0.1) is 11.6 Å². The van der Waals surface area contributed by atoms with Crippen LogP contribution in [0.3, 0.4) is 0 Å². The van der Waals surface area contributed by atoms with Gasteiger partial charge in [0.15, 0.2) is 0 Å². The predicted molar refractivity (Wildman–Crippen MR) is 82.5 cm³/mol. The number of carbonyl (C=O) groups is 2. The molecule has 0 atom stereocenters. The Hall–Kier alpha value is -2.76. The quantitative estimate of drug-likeness (QED) is 0.921. The number of nitrogens with zero attached hydrogens (tertiary/aromatic N) is 1. The fourth-order valence-corrected chi connectivity index (χ4v) is 2.04. The largest absolute Gasteiger partial charge is 0.329 e. The summed E-state index contributed by atoms with van der Waals surface area (Å²) < 4.78 is 26.4. The smallest absolute Gasteiger partial charge is 0.244 e. The SMILES string of the molecule is CC(=O)N(CC(=O)Nc1ccc(F)cc1F)Cc1ccccc1. The van der Waals surface area contributed by atoms with E-state index in [2.05, 4.69) is 5.32 Å². The Morgan fingerprint density at radius 2 is 1.78 bits per heavy atom. The Bertz CT molecular complexity index is 705. The van der Waals surface area contributed by atoms with Crippen LogP contribution in [0.4, 0.5) is 14.5 Å². The van der Waals surface area contributed by atoms with Gasteiger partial charge in [0.1, 0.15) is 18.2 Å². The van der Waals surface area contributed by atoms with E-state index in [-0.39, 0.29) is 24.7 Å². The standard InChI is InChI=1S/C17H16F2N2O2/c1-12(22)21(10-13-5-3-2-4-6-13)11-17(23)20-16-8-7-14(18)9-15(16)19/h2-9H,10-11H2,1H3,(H,20,23). The molecular formula is C17H16F2N2O2. The molecule has 2 rings (SSSR count). The molecule has 0 heterocycles. The van der Waals surface area contributed by atoms with Gasteiger partial charge in [0.2, 0.25) is 11.8 Å². The predicted octanol–water partition coefficient (Wildman–Crippen LogP) is 2.95. The van der Waals surface area contributed by atoms with Gasteiger partial charge in [0.05, 0.1) is 5.69 Å². The Labute approximate surface area is 132 Å². The summed E-state index contributed by atoms with van der Waals surface area (Å²) in [4.78, 5) is 25.0. The van der Waals surface area contributed by atoms with Crippen LogP contribution in [0.15, 0.2) is 48.5 Å². The van der Waals surface area contributed by atoms with Gasteiger partial charge >= 0.3 is 0 Å². The first-order chi connectivity index (χ1) is 11.0. The van der Waals surface area contributed by atoms with Gasteiger partial charge in [-0.2, -0.15) is 0 Å². The maximum Gasteiger partial charge on any atom is 0.244 e. The number of hydrogen-bond acceptors (Lipinski definition) is 2. The summed E-state index contributed by atoms with van der Waals surface area (Å²) in [5, 5.41) is 2.33. The van der Waals surface area contributed by atoms with Crippen molar-refractivity contribution in [3.8, 4) is 0 Å². The van der Waals surface area contributed by atoms with Crippen LogP contribution in [-0.4, -0.2) is 23.3 Å². The monoisotopic (exact) mass is 318 g/mol. The van der Waals surface area contributed by atoms with Crippen molar-refractivity contribution < 1.29 is 18.4 Å². The van der Waals surface area contributed by atoms with Crippen molar-refractivity contribution in [2.75, 3.05) is 11.9 Å². The van der Waals surface area contributed by atoms with Crippen molar-refractivity contribution in [3.05, 3.63) is 65.7 Å². The average molecular weight is 318 g/mol. The molecule has 2 aromatic rings. The Morgan fingerprint density at radius 3 is 2.39 bits per heavy atom. The van der Waals surface area contributed by atoms with Gasteiger partial charge in [0, 0.05) is 19.5 Å². The molecule has 0 aromatic heterocycles. The van der Waals surface area contributed by atoms with Crippen LogP contribution in [0.2, 0.25) is 0 Å². The number of benzene rings is 2. The third kappa shape index (κ3) is 4.88. The number of nitrogens with one attached hydrogen (secondary N) is 1. The van der Waals surface area contributed by atoms with Crippen molar-refractivity contribution in [1.82, 2.24) is 4.90 Å². The summed E-state index contributed by atoms with van der Waals surface area (Å²) >= 11 is 0. The topological polar surface area (TPSA) is 49.4 Å². The van der Waals surface area contributed by atoms with Gasteiger partial charge in [-0.3, -0.25) is 9.59 Å². The van der Waals surface area contributed by atoms with E-state index in [4.69, 9.17) is 0 Å². The second kappa shape index (κ2) is 7.49. The number of amides is 2. The van der Waals surface area contributed by atoms with E-state index in [1.807, 2.05) is 30.3 Å². The van der Waals surface area contributed by atoms with Gasteiger partial charge in [-0.1, -0.05) is 30.3 Å². The highest BCUT2D eigenvalue weighted by Gasteiger charge is 2.15. The van der Waals surface area contributed by atoms with E-state index in [1.165, 1.54) is 11.8 Å². The maximum atomic E-state index is 13.5. The lowest BCUT2D eigenvalue weighted by Gasteiger charge is -2.20. The molecule has 0 spiro atoms. The molecule has 0 saturated carbocycles. The molecule has 2 amide bonds. The summed E-state index contributed by atoms with van der Waals surface area (Å²) in [6.45, 7) is 1.41. The van der Waals surface area contributed by atoms with E-state index in [0.717, 1.165) is 17.7 Å². The van der Waals surface area contributed by atoms with Gasteiger partial charge in [-0.25, -0.2) is 8.78 Å². The number of hydrogen-bond donors (Lipinski definition) is 1. The van der Waals surface area contributed by atoms with Crippen LogP contribution in [0.5, 0.6) is 0 Å². The molecule has 0 radical (unpaired) electrons. The first-order valence-electron chi connectivity index (χ1n) is 7.00. The van der Waals surface area contributed by atoms with E-state index < -0.39 is 17.5 Å². The minimum absolute atomic E-state index is 0.125. The molecular weight excluding hydrogens is 302 g/mol. The summed E-state index contributed by atoms with van der Waals surface area (Å²) in [7, 11) is 0. The highest BCUT2D eigenvalue weighted by molar-refractivity contribution is 5.94. The van der Waals surface area contributed by atoms with E-state index in [9.17, 15) is 18.4 Å². The Morgan fingerprint density at radius 1 is 1.09 bits per heavy atom. The Kier molecular flexibility index (Phi) is 5.41. The van der Waals surface area contributed by atoms with Crippen molar-refractivity contribution in [1.29, 1.82) is 0 Å². The molecule has 0 aliphatic carbocycles. The molecule has 0 aliphatic rings. The van der Waals surface area contributed by atoms with Crippen molar-refractivity contribution in [2.45, 2.75) is 13.5 Å². The molecule has 0 saturated heterocycles. The lowest BCUT2D eigenvalue weighted by molar-refractivity contribution is -0.133. The zero-order valence-corrected chi connectivity index (χ0v) is 12.6. The first kappa shape index (κ1) is 16.6. The van der Waals surface area contributed by atoms with E-state index in [0.29, 0.717) is 6.07 Å². The molecule has 6 heteroatoms. The number of halogens is 2. The van der Waals surface area contributed by atoms with E-state index >= 15 is 0 Å². The second-order valence-electron chi connectivity index (χ2n) is 5.03. The van der Waals surface area contributed by atoms with Crippen LogP contribution >= 0.6 is 0 Å². The number of carbonyl (C=O) groups excluding carboxylic acids is 2. The number of rotatable bonds is 5. The van der Waals surface area contributed by atoms with Gasteiger partial charge in [0.25, 0.3) is 0 Å². The molecule has 4 nitrogen and oxygen atoms in total. The first-order valence-corrected chi connectivity index (χ1v) is 7.00. The van der Waals surface area contributed by atoms with E-state index in [1.54, 1.807) is 0 Å². The zero-order valence-electron chi connectivity index (χ0n) is 12.6. The molecule has 2 aromatic carbocycles. The van der Waals surface area contributed by atoms with Crippen LogP contribution in [-0.2, 0) is 16.1 Å². The summed E-state index contributed by atoms with van der Waals surface area (Å²) in [6, 6.07) is 12.1. The summed E-state index contributed by atoms with van der Waals surface area (Å²) in [6.07, 6.45) is 0. The Balaban J connectivity index is 2.02. The average Bonchev–Trinajstić information content (AvgIpc) is 2.50. The molecule has 0 unspecified atom stereocenters. The maximum absolute atomic E-state index is 13.5. The fraction of sp³-hybridized carbons (Fsp3) is 0.176.